The highest BCUT2D eigenvalue weighted by Gasteiger charge is 2.29. The molecular weight excluding hydrogens is 244 g/mol. The van der Waals surface area contributed by atoms with Crippen molar-refractivity contribution in [1.82, 2.24) is 9.47 Å². The molecule has 0 aromatic carbocycles. The molecule has 1 N–H and O–H groups in total. The number of aromatic nitrogens is 1. The average molecular weight is 264 g/mol. The van der Waals surface area contributed by atoms with Gasteiger partial charge < -0.3 is 14.6 Å². The molecule has 1 fully saturated rings. The van der Waals surface area contributed by atoms with Gasteiger partial charge in [-0.25, -0.2) is 0 Å². The fraction of sp³-hybridized carbons (Fsp3) is 0.571. The molecular formula is C14H20N2O3. The van der Waals surface area contributed by atoms with Crippen molar-refractivity contribution >= 4 is 11.9 Å². The SMILES string of the molecule is CC(C)N(CC1CC1)C(=O)c1cccn1CC(=O)O. The molecule has 0 bridgehead atoms. The lowest BCUT2D eigenvalue weighted by Crippen LogP contribution is -2.39. The van der Waals surface area contributed by atoms with E-state index in [1.165, 1.54) is 17.4 Å². The molecule has 1 aliphatic carbocycles. The number of carboxylic acids is 1. The van der Waals surface area contributed by atoms with Gasteiger partial charge in [0.25, 0.3) is 5.91 Å². The number of hydrogen-bond donors (Lipinski definition) is 1. The molecule has 0 radical (unpaired) electrons. The van der Waals surface area contributed by atoms with Gasteiger partial charge in [0.1, 0.15) is 12.2 Å². The first-order valence-corrected chi connectivity index (χ1v) is 6.67. The molecule has 5 nitrogen and oxygen atoms in total. The second-order valence-corrected chi connectivity index (χ2v) is 5.41. The maximum Gasteiger partial charge on any atom is 0.323 e. The molecule has 0 unspecified atom stereocenters. The number of rotatable bonds is 6. The summed E-state index contributed by atoms with van der Waals surface area (Å²) < 4.78 is 1.49. The third-order valence-corrected chi connectivity index (χ3v) is 3.39. The molecule has 1 saturated carbocycles. The van der Waals surface area contributed by atoms with Crippen LogP contribution >= 0.6 is 0 Å². The first kappa shape index (κ1) is 13.6. The Hall–Kier alpha value is -1.78. The Morgan fingerprint density at radius 2 is 2.16 bits per heavy atom. The van der Waals surface area contributed by atoms with Crippen LogP contribution in [0.5, 0.6) is 0 Å². The van der Waals surface area contributed by atoms with Gasteiger partial charge in [0, 0.05) is 18.8 Å². The van der Waals surface area contributed by atoms with Gasteiger partial charge >= 0.3 is 5.97 Å². The molecule has 104 valence electrons. The zero-order chi connectivity index (χ0) is 14.0. The van der Waals surface area contributed by atoms with Crippen LogP contribution in [-0.2, 0) is 11.3 Å². The van der Waals surface area contributed by atoms with E-state index in [0.717, 1.165) is 6.54 Å². The molecule has 5 heteroatoms. The summed E-state index contributed by atoms with van der Waals surface area (Å²) in [5.74, 6) is -0.397. The highest BCUT2D eigenvalue weighted by Crippen LogP contribution is 2.30. The van der Waals surface area contributed by atoms with Gasteiger partial charge in [0.05, 0.1) is 0 Å². The number of aliphatic carboxylic acids is 1. The summed E-state index contributed by atoms with van der Waals surface area (Å²) >= 11 is 0. The van der Waals surface area contributed by atoms with Crippen molar-refractivity contribution in [2.75, 3.05) is 6.54 Å². The third-order valence-electron chi connectivity index (χ3n) is 3.39. The average Bonchev–Trinajstić information content (AvgIpc) is 3.03. The van der Waals surface area contributed by atoms with Crippen molar-refractivity contribution in [1.29, 1.82) is 0 Å². The molecule has 0 spiro atoms. The lowest BCUT2D eigenvalue weighted by Gasteiger charge is -2.27. The Labute approximate surface area is 112 Å². The van der Waals surface area contributed by atoms with Gasteiger partial charge in [-0.05, 0) is 44.7 Å². The molecule has 0 atom stereocenters. The second kappa shape index (κ2) is 5.47. The van der Waals surface area contributed by atoms with Crippen LogP contribution in [0.2, 0.25) is 0 Å². The highest BCUT2D eigenvalue weighted by molar-refractivity contribution is 5.93. The molecule has 1 aliphatic rings. The Kier molecular flexibility index (Phi) is 3.93. The largest absolute Gasteiger partial charge is 0.480 e. The van der Waals surface area contributed by atoms with Gasteiger partial charge in [-0.1, -0.05) is 0 Å². The van der Waals surface area contributed by atoms with Crippen LogP contribution in [0.4, 0.5) is 0 Å². The van der Waals surface area contributed by atoms with Gasteiger partial charge in [-0.2, -0.15) is 0 Å². The zero-order valence-corrected chi connectivity index (χ0v) is 11.4. The molecule has 0 saturated heterocycles. The van der Waals surface area contributed by atoms with Gasteiger partial charge in [-0.3, -0.25) is 9.59 Å². The van der Waals surface area contributed by atoms with Crippen LogP contribution in [0.25, 0.3) is 0 Å². The molecule has 19 heavy (non-hydrogen) atoms. The maximum absolute atomic E-state index is 12.5. The van der Waals surface area contributed by atoms with Crippen LogP contribution in [0.15, 0.2) is 18.3 Å². The summed E-state index contributed by atoms with van der Waals surface area (Å²) in [6, 6.07) is 3.53. The van der Waals surface area contributed by atoms with E-state index in [1.807, 2.05) is 18.7 Å². The second-order valence-electron chi connectivity index (χ2n) is 5.41. The van der Waals surface area contributed by atoms with E-state index < -0.39 is 5.97 Å². The molecule has 1 aromatic rings. The fourth-order valence-corrected chi connectivity index (χ4v) is 2.15. The fourth-order valence-electron chi connectivity index (χ4n) is 2.15. The number of nitrogens with zero attached hydrogens (tertiary/aromatic N) is 2. The van der Waals surface area contributed by atoms with Crippen molar-refractivity contribution in [2.45, 2.75) is 39.3 Å². The summed E-state index contributed by atoms with van der Waals surface area (Å²) in [7, 11) is 0. The van der Waals surface area contributed by atoms with E-state index in [0.29, 0.717) is 11.6 Å². The normalized spacial score (nSPS) is 14.7. The topological polar surface area (TPSA) is 62.5 Å². The van der Waals surface area contributed by atoms with Crippen LogP contribution in [0.3, 0.4) is 0 Å². The first-order chi connectivity index (χ1) is 8.99. The lowest BCUT2D eigenvalue weighted by atomic mass is 10.2. The monoisotopic (exact) mass is 264 g/mol. The van der Waals surface area contributed by atoms with E-state index in [4.69, 9.17) is 5.11 Å². The summed E-state index contributed by atoms with van der Waals surface area (Å²) in [6.45, 7) is 4.58. The van der Waals surface area contributed by atoms with E-state index in [1.54, 1.807) is 18.3 Å². The lowest BCUT2D eigenvalue weighted by molar-refractivity contribution is -0.137. The summed E-state index contributed by atoms with van der Waals surface area (Å²) in [6.07, 6.45) is 4.01. The summed E-state index contributed by atoms with van der Waals surface area (Å²) in [5.41, 5.74) is 0.455. The predicted octanol–water partition coefficient (Wildman–Crippen LogP) is 1.83. The van der Waals surface area contributed by atoms with Crippen molar-refractivity contribution in [3.8, 4) is 0 Å². The number of amides is 1. The van der Waals surface area contributed by atoms with Crippen molar-refractivity contribution in [2.24, 2.45) is 5.92 Å². The molecule has 1 heterocycles. The van der Waals surface area contributed by atoms with Crippen LogP contribution in [0.1, 0.15) is 37.2 Å². The smallest absolute Gasteiger partial charge is 0.323 e. The Morgan fingerprint density at radius 3 is 2.68 bits per heavy atom. The first-order valence-electron chi connectivity index (χ1n) is 6.67. The Bertz CT molecular complexity index is 475. The zero-order valence-electron chi connectivity index (χ0n) is 11.4. The number of carbonyl (C=O) groups is 2. The molecule has 1 amide bonds. The summed E-state index contributed by atoms with van der Waals surface area (Å²) in [5, 5.41) is 8.85. The minimum absolute atomic E-state index is 0.0758. The quantitative estimate of drug-likeness (QED) is 0.852. The number of carboxylic acid groups (broad SMARTS) is 1. The summed E-state index contributed by atoms with van der Waals surface area (Å²) in [4.78, 5) is 25.2. The Morgan fingerprint density at radius 1 is 1.47 bits per heavy atom. The van der Waals surface area contributed by atoms with E-state index in [-0.39, 0.29) is 18.5 Å². The predicted molar refractivity (Wildman–Crippen MR) is 71.0 cm³/mol. The van der Waals surface area contributed by atoms with Crippen molar-refractivity contribution in [3.05, 3.63) is 24.0 Å². The van der Waals surface area contributed by atoms with Gasteiger partial charge in [0.15, 0.2) is 0 Å². The van der Waals surface area contributed by atoms with E-state index in [2.05, 4.69) is 0 Å². The third kappa shape index (κ3) is 3.36. The van der Waals surface area contributed by atoms with Crippen molar-refractivity contribution in [3.63, 3.8) is 0 Å². The highest BCUT2D eigenvalue weighted by atomic mass is 16.4. The van der Waals surface area contributed by atoms with Crippen LogP contribution in [0, 0.1) is 5.92 Å². The van der Waals surface area contributed by atoms with Crippen LogP contribution in [-0.4, -0.2) is 39.0 Å². The minimum Gasteiger partial charge on any atom is -0.480 e. The van der Waals surface area contributed by atoms with E-state index in [9.17, 15) is 9.59 Å². The standard InChI is InChI=1S/C14H20N2O3/c1-10(2)16(8-11-5-6-11)14(19)12-4-3-7-15(12)9-13(17)18/h3-4,7,10-11H,5-6,8-9H2,1-2H3,(H,17,18). The minimum atomic E-state index is -0.941. The van der Waals surface area contributed by atoms with Crippen molar-refractivity contribution < 1.29 is 14.7 Å². The Balaban J connectivity index is 2.15. The molecule has 2 rings (SSSR count). The van der Waals surface area contributed by atoms with Crippen LogP contribution < -0.4 is 0 Å². The van der Waals surface area contributed by atoms with Gasteiger partial charge in [0.2, 0.25) is 0 Å². The van der Waals surface area contributed by atoms with E-state index >= 15 is 0 Å². The maximum atomic E-state index is 12.5. The number of carbonyl (C=O) groups excluding carboxylic acids is 1. The number of hydrogen-bond acceptors (Lipinski definition) is 2. The molecule has 1 aromatic heterocycles. The molecule has 0 aliphatic heterocycles. The van der Waals surface area contributed by atoms with Gasteiger partial charge in [-0.15, -0.1) is 0 Å².